The van der Waals surface area contributed by atoms with Gasteiger partial charge in [-0.3, -0.25) is 10.2 Å². The summed E-state index contributed by atoms with van der Waals surface area (Å²) in [5.41, 5.74) is 11.0. The lowest BCUT2D eigenvalue weighted by atomic mass is 10.2. The zero-order chi connectivity index (χ0) is 22.9. The Morgan fingerprint density at radius 1 is 0.688 bits per heavy atom. The smallest absolute Gasteiger partial charge is 0.271 e. The van der Waals surface area contributed by atoms with Gasteiger partial charge in [0.2, 0.25) is 0 Å². The number of hydrazone groups is 2. The van der Waals surface area contributed by atoms with Crippen LogP contribution in [-0.2, 0) is 0 Å². The van der Waals surface area contributed by atoms with Crippen LogP contribution in [0.25, 0.3) is 0 Å². The fourth-order valence-electron chi connectivity index (χ4n) is 2.82. The van der Waals surface area contributed by atoms with Gasteiger partial charge in [0.15, 0.2) is 0 Å². The molecular formula is C25H28N6O. The van der Waals surface area contributed by atoms with Gasteiger partial charge in [-0.2, -0.15) is 10.2 Å². The van der Waals surface area contributed by atoms with Gasteiger partial charge in [0, 0.05) is 45.1 Å². The number of hydrogen-bond donors (Lipinski definition) is 2. The van der Waals surface area contributed by atoms with Gasteiger partial charge in [0.1, 0.15) is 0 Å². The van der Waals surface area contributed by atoms with Crippen LogP contribution < -0.4 is 20.7 Å². The van der Waals surface area contributed by atoms with Crippen LogP contribution in [0.5, 0.6) is 0 Å². The summed E-state index contributed by atoms with van der Waals surface area (Å²) in [7, 11) is 7.98. The van der Waals surface area contributed by atoms with Crippen molar-refractivity contribution in [1.82, 2.24) is 5.43 Å². The second kappa shape index (κ2) is 10.8. The van der Waals surface area contributed by atoms with Gasteiger partial charge < -0.3 is 9.80 Å². The van der Waals surface area contributed by atoms with E-state index in [-0.39, 0.29) is 5.91 Å². The lowest BCUT2D eigenvalue weighted by Gasteiger charge is -2.11. The maximum atomic E-state index is 12.3. The van der Waals surface area contributed by atoms with Crippen molar-refractivity contribution >= 4 is 35.4 Å². The Morgan fingerprint density at radius 3 is 1.62 bits per heavy atom. The van der Waals surface area contributed by atoms with Gasteiger partial charge in [-0.15, -0.1) is 0 Å². The topological polar surface area (TPSA) is 72.3 Å². The Labute approximate surface area is 189 Å². The largest absolute Gasteiger partial charge is 0.378 e. The van der Waals surface area contributed by atoms with Gasteiger partial charge in [-0.1, -0.05) is 24.3 Å². The van der Waals surface area contributed by atoms with E-state index in [1.54, 1.807) is 36.7 Å². The Bertz CT molecular complexity index is 1070. The molecule has 0 bridgehead atoms. The molecule has 0 saturated heterocycles. The molecule has 164 valence electrons. The fraction of sp³-hybridized carbons (Fsp3) is 0.160. The minimum absolute atomic E-state index is 0.276. The number of amides is 1. The highest BCUT2D eigenvalue weighted by Gasteiger charge is 2.04. The van der Waals surface area contributed by atoms with Crippen LogP contribution in [0, 0.1) is 0 Å². The van der Waals surface area contributed by atoms with Crippen molar-refractivity contribution in [3.63, 3.8) is 0 Å². The summed E-state index contributed by atoms with van der Waals surface area (Å²) in [4.78, 5) is 16.3. The average molecular weight is 429 g/mol. The maximum Gasteiger partial charge on any atom is 0.271 e. The van der Waals surface area contributed by atoms with Crippen molar-refractivity contribution in [1.29, 1.82) is 0 Å². The number of nitrogens with zero attached hydrogens (tertiary/aromatic N) is 4. The number of nitrogens with one attached hydrogen (secondary N) is 2. The molecule has 2 N–H and O–H groups in total. The molecule has 0 aromatic heterocycles. The molecule has 0 aliphatic carbocycles. The summed E-state index contributed by atoms with van der Waals surface area (Å²) in [6.07, 6.45) is 3.37. The summed E-state index contributed by atoms with van der Waals surface area (Å²) in [5, 5.41) is 8.28. The third kappa shape index (κ3) is 6.43. The lowest BCUT2D eigenvalue weighted by molar-refractivity contribution is 0.0955. The molecule has 0 aliphatic rings. The Hall–Kier alpha value is -4.13. The van der Waals surface area contributed by atoms with Crippen molar-refractivity contribution in [3.05, 3.63) is 89.5 Å². The van der Waals surface area contributed by atoms with Gasteiger partial charge in [-0.25, -0.2) is 5.43 Å². The molecule has 0 heterocycles. The second-order valence-electron chi connectivity index (χ2n) is 7.62. The third-order valence-corrected chi connectivity index (χ3v) is 4.75. The number of benzene rings is 3. The van der Waals surface area contributed by atoms with Crippen LogP contribution >= 0.6 is 0 Å². The van der Waals surface area contributed by atoms with Crippen LogP contribution in [0.3, 0.4) is 0 Å². The molecule has 0 aliphatic heterocycles. The molecule has 3 aromatic rings. The molecule has 0 spiro atoms. The van der Waals surface area contributed by atoms with E-state index in [1.165, 1.54) is 0 Å². The van der Waals surface area contributed by atoms with Crippen molar-refractivity contribution < 1.29 is 4.79 Å². The standard InChI is InChI=1S/C25H28N6O/c1-30(2)23-13-5-19(6-14-23)17-26-28-22-11-9-21(10-12-22)25(32)29-27-18-20-7-15-24(16-8-20)31(3)4/h5-18,28H,1-4H3,(H,29,32). The van der Waals surface area contributed by atoms with E-state index in [0.29, 0.717) is 5.56 Å². The number of rotatable bonds is 8. The van der Waals surface area contributed by atoms with Crippen LogP contribution in [0.4, 0.5) is 17.1 Å². The van der Waals surface area contributed by atoms with E-state index in [2.05, 4.69) is 21.1 Å². The third-order valence-electron chi connectivity index (χ3n) is 4.75. The van der Waals surface area contributed by atoms with Crippen molar-refractivity contribution in [2.75, 3.05) is 43.4 Å². The average Bonchev–Trinajstić information content (AvgIpc) is 2.80. The van der Waals surface area contributed by atoms with E-state index in [4.69, 9.17) is 0 Å². The SMILES string of the molecule is CN(C)c1ccc(C=NNC(=O)c2ccc(NN=Cc3ccc(N(C)C)cc3)cc2)cc1. The normalized spacial score (nSPS) is 11.0. The number of anilines is 3. The maximum absolute atomic E-state index is 12.3. The highest BCUT2D eigenvalue weighted by atomic mass is 16.2. The van der Waals surface area contributed by atoms with Crippen molar-refractivity contribution in [2.45, 2.75) is 0 Å². The quantitative estimate of drug-likeness (QED) is 0.420. The van der Waals surface area contributed by atoms with Crippen LogP contribution in [0.1, 0.15) is 21.5 Å². The minimum Gasteiger partial charge on any atom is -0.378 e. The zero-order valence-corrected chi connectivity index (χ0v) is 18.8. The molecule has 1 amide bonds. The van der Waals surface area contributed by atoms with E-state index >= 15 is 0 Å². The van der Waals surface area contributed by atoms with Crippen molar-refractivity contribution in [3.8, 4) is 0 Å². The molecule has 3 aromatic carbocycles. The van der Waals surface area contributed by atoms with E-state index in [1.807, 2.05) is 86.5 Å². The first-order chi connectivity index (χ1) is 15.4. The molecule has 7 heteroatoms. The Kier molecular flexibility index (Phi) is 7.59. The summed E-state index contributed by atoms with van der Waals surface area (Å²) in [6, 6.07) is 23.0. The summed E-state index contributed by atoms with van der Waals surface area (Å²) >= 11 is 0. The zero-order valence-electron chi connectivity index (χ0n) is 18.8. The summed E-state index contributed by atoms with van der Waals surface area (Å²) in [6.45, 7) is 0. The molecule has 0 fully saturated rings. The summed E-state index contributed by atoms with van der Waals surface area (Å²) in [5.74, 6) is -0.276. The number of hydrogen-bond acceptors (Lipinski definition) is 6. The van der Waals surface area contributed by atoms with Crippen LogP contribution in [0.2, 0.25) is 0 Å². The van der Waals surface area contributed by atoms with Crippen molar-refractivity contribution in [2.24, 2.45) is 10.2 Å². The van der Waals surface area contributed by atoms with E-state index in [9.17, 15) is 4.79 Å². The van der Waals surface area contributed by atoms with Crippen LogP contribution in [0.15, 0.2) is 83.0 Å². The highest BCUT2D eigenvalue weighted by molar-refractivity contribution is 5.95. The highest BCUT2D eigenvalue weighted by Crippen LogP contribution is 2.13. The first kappa shape index (κ1) is 22.6. The van der Waals surface area contributed by atoms with E-state index < -0.39 is 0 Å². The predicted octanol–water partition coefficient (Wildman–Crippen LogP) is 4.03. The second-order valence-corrected chi connectivity index (χ2v) is 7.62. The number of carbonyl (C=O) groups is 1. The molecule has 32 heavy (non-hydrogen) atoms. The van der Waals surface area contributed by atoms with Gasteiger partial charge in [0.25, 0.3) is 5.91 Å². The molecule has 0 saturated carbocycles. The lowest BCUT2D eigenvalue weighted by Crippen LogP contribution is -2.17. The van der Waals surface area contributed by atoms with Gasteiger partial charge >= 0.3 is 0 Å². The van der Waals surface area contributed by atoms with Gasteiger partial charge in [-0.05, 0) is 59.7 Å². The Morgan fingerprint density at radius 2 is 1.16 bits per heavy atom. The molecule has 0 atom stereocenters. The Balaban J connectivity index is 1.50. The number of carbonyl (C=O) groups excluding carboxylic acids is 1. The predicted molar refractivity (Wildman–Crippen MR) is 134 cm³/mol. The van der Waals surface area contributed by atoms with Gasteiger partial charge in [0.05, 0.1) is 18.1 Å². The van der Waals surface area contributed by atoms with E-state index in [0.717, 1.165) is 28.2 Å². The molecular weight excluding hydrogens is 400 g/mol. The first-order valence-corrected chi connectivity index (χ1v) is 10.2. The summed E-state index contributed by atoms with van der Waals surface area (Å²) < 4.78 is 0. The molecule has 0 radical (unpaired) electrons. The first-order valence-electron chi connectivity index (χ1n) is 10.2. The molecule has 3 rings (SSSR count). The monoisotopic (exact) mass is 428 g/mol. The molecule has 0 unspecified atom stereocenters. The van der Waals surface area contributed by atoms with Crippen LogP contribution in [-0.4, -0.2) is 46.5 Å². The fourth-order valence-corrected chi connectivity index (χ4v) is 2.82. The molecule has 7 nitrogen and oxygen atoms in total. The minimum atomic E-state index is -0.276.